The highest BCUT2D eigenvalue weighted by Gasteiger charge is 2.58. The van der Waals surface area contributed by atoms with Gasteiger partial charge in [0.05, 0.1) is 28.8 Å². The minimum absolute atomic E-state index is 0.0439. The second kappa shape index (κ2) is 8.97. The molecule has 1 saturated heterocycles. The Hall–Kier alpha value is -1.20. The van der Waals surface area contributed by atoms with Gasteiger partial charge in [-0.1, -0.05) is 41.4 Å². The molecular formula is C23H29Cl3N4O4S. The van der Waals surface area contributed by atoms with Crippen molar-refractivity contribution in [3.05, 3.63) is 39.4 Å². The Morgan fingerprint density at radius 3 is 2.29 bits per heavy atom. The van der Waals surface area contributed by atoms with E-state index in [1.54, 1.807) is 0 Å². The van der Waals surface area contributed by atoms with Crippen LogP contribution in [0.5, 0.6) is 0 Å². The number of rotatable bonds is 5. The van der Waals surface area contributed by atoms with Crippen molar-refractivity contribution in [1.82, 2.24) is 9.62 Å². The average molecular weight is 564 g/mol. The monoisotopic (exact) mass is 562 g/mol. The van der Waals surface area contributed by atoms with E-state index in [1.165, 1.54) is 20.7 Å². The molecule has 0 spiro atoms. The molecule has 1 aromatic rings. The van der Waals surface area contributed by atoms with Crippen LogP contribution in [-0.4, -0.2) is 50.9 Å². The van der Waals surface area contributed by atoms with Gasteiger partial charge in [0.2, 0.25) is 11.8 Å². The second-order valence-electron chi connectivity index (χ2n) is 10.5. The van der Waals surface area contributed by atoms with Crippen LogP contribution in [0.15, 0.2) is 24.3 Å². The van der Waals surface area contributed by atoms with Gasteiger partial charge < -0.3 is 11.1 Å². The fraction of sp³-hybridized carbons (Fsp3) is 0.565. The maximum atomic E-state index is 13.2. The zero-order valence-corrected chi connectivity index (χ0v) is 22.1. The molecule has 8 nitrogen and oxygen atoms in total. The van der Waals surface area contributed by atoms with Gasteiger partial charge in [-0.2, -0.15) is 4.31 Å². The predicted octanol–water partition coefficient (Wildman–Crippen LogP) is 4.70. The Morgan fingerprint density at radius 2 is 1.71 bits per heavy atom. The zero-order valence-electron chi connectivity index (χ0n) is 19.1. The van der Waals surface area contributed by atoms with E-state index in [2.05, 4.69) is 11.9 Å². The summed E-state index contributed by atoms with van der Waals surface area (Å²) in [4.78, 5) is 25.4. The third-order valence-electron chi connectivity index (χ3n) is 8.08. The van der Waals surface area contributed by atoms with Crippen molar-refractivity contribution in [3.8, 4) is 0 Å². The molecule has 0 aromatic heterocycles. The van der Waals surface area contributed by atoms with E-state index >= 15 is 0 Å². The van der Waals surface area contributed by atoms with Crippen LogP contribution in [0.2, 0.25) is 15.1 Å². The Balaban J connectivity index is 1.32. The largest absolute Gasteiger partial charge is 0.369 e. The van der Waals surface area contributed by atoms with Crippen LogP contribution in [-0.2, 0) is 9.59 Å². The van der Waals surface area contributed by atoms with Gasteiger partial charge in [0, 0.05) is 23.0 Å². The van der Waals surface area contributed by atoms with E-state index in [1.807, 2.05) is 0 Å². The number of carbonyl (C=O) groups excluding carboxylic acids is 2. The first kappa shape index (κ1) is 25.4. The fourth-order valence-corrected chi connectivity index (χ4v) is 9.73. The molecule has 2 amide bonds. The third kappa shape index (κ3) is 4.43. The maximum Gasteiger partial charge on any atom is 0.236 e. The smallest absolute Gasteiger partial charge is 0.236 e. The first-order valence-electron chi connectivity index (χ1n) is 11.6. The van der Waals surface area contributed by atoms with Gasteiger partial charge in [-0.25, -0.2) is 0 Å². The predicted molar refractivity (Wildman–Crippen MR) is 139 cm³/mol. The number of benzene rings is 1. The summed E-state index contributed by atoms with van der Waals surface area (Å²) in [7, 11) is -3.61. The minimum atomic E-state index is -3.61. The molecule has 12 heteroatoms. The lowest BCUT2D eigenvalue weighted by molar-refractivity contribution is -0.147. The van der Waals surface area contributed by atoms with Crippen LogP contribution in [0.25, 0.3) is 0 Å². The minimum Gasteiger partial charge on any atom is -0.369 e. The summed E-state index contributed by atoms with van der Waals surface area (Å²) in [5, 5.41) is 3.79. The highest BCUT2D eigenvalue weighted by Crippen LogP contribution is 2.60. The van der Waals surface area contributed by atoms with E-state index in [-0.39, 0.29) is 65.1 Å². The van der Waals surface area contributed by atoms with Gasteiger partial charge in [-0.15, -0.1) is 0 Å². The molecule has 1 aromatic carbocycles. The van der Waals surface area contributed by atoms with Crippen molar-refractivity contribution in [1.29, 1.82) is 0 Å². The molecule has 5 aliphatic rings. The van der Waals surface area contributed by atoms with Gasteiger partial charge in [0.15, 0.2) is 0 Å². The molecule has 192 valence electrons. The second-order valence-corrected chi connectivity index (χ2v) is 13.7. The summed E-state index contributed by atoms with van der Waals surface area (Å²) in [5.41, 5.74) is 6.23. The molecule has 5 fully saturated rings. The SMILES string of the molecule is C=C1CN(CC(=O)NC2C3CC4CC2CC(C(N)=O)(C4)C3)S(O)(O)N(c2c(Cl)cc(Cl)cc2Cl)C1. The third-order valence-corrected chi connectivity index (χ3v) is 10.7. The van der Waals surface area contributed by atoms with Crippen LogP contribution in [0.4, 0.5) is 5.69 Å². The van der Waals surface area contributed by atoms with Gasteiger partial charge in [-0.3, -0.25) is 23.0 Å². The molecule has 2 atom stereocenters. The van der Waals surface area contributed by atoms with Gasteiger partial charge in [0.1, 0.15) is 0 Å². The Labute approximate surface area is 221 Å². The number of hydrogen-bond acceptors (Lipinski definition) is 6. The summed E-state index contributed by atoms with van der Waals surface area (Å²) >= 11 is 18.7. The molecule has 4 saturated carbocycles. The Bertz CT molecular complexity index is 1060. The number of nitrogens with zero attached hydrogens (tertiary/aromatic N) is 2. The number of amides is 2. The summed E-state index contributed by atoms with van der Waals surface area (Å²) < 4.78 is 25.0. The molecule has 6 rings (SSSR count). The lowest BCUT2D eigenvalue weighted by Gasteiger charge is -2.59. The first-order valence-corrected chi connectivity index (χ1v) is 14.2. The molecule has 2 unspecified atom stereocenters. The first-order chi connectivity index (χ1) is 16.4. The normalized spacial score (nSPS) is 34.7. The molecule has 5 N–H and O–H groups in total. The molecule has 35 heavy (non-hydrogen) atoms. The summed E-state index contributed by atoms with van der Waals surface area (Å²) in [5.74, 6) is 0.365. The number of halogens is 3. The zero-order chi connectivity index (χ0) is 25.3. The van der Waals surface area contributed by atoms with Gasteiger partial charge in [-0.05, 0) is 78.5 Å². The van der Waals surface area contributed by atoms with Crippen molar-refractivity contribution in [3.63, 3.8) is 0 Å². The lowest BCUT2D eigenvalue weighted by atomic mass is 9.47. The fourth-order valence-electron chi connectivity index (χ4n) is 6.89. The molecule has 0 radical (unpaired) electrons. The summed E-state index contributed by atoms with van der Waals surface area (Å²) in [6.45, 7) is 4.03. The molecule has 4 aliphatic carbocycles. The van der Waals surface area contributed by atoms with Crippen LogP contribution >= 0.6 is 45.8 Å². The number of hydrogen-bond donors (Lipinski definition) is 4. The van der Waals surface area contributed by atoms with E-state index in [4.69, 9.17) is 40.5 Å². The van der Waals surface area contributed by atoms with Crippen LogP contribution in [0.3, 0.4) is 0 Å². The summed E-state index contributed by atoms with van der Waals surface area (Å²) in [6.07, 6.45) is 4.23. The number of nitrogens with one attached hydrogen (secondary N) is 1. The number of nitrogens with two attached hydrogens (primary N) is 1. The number of anilines is 1. The van der Waals surface area contributed by atoms with E-state index in [0.717, 1.165) is 19.3 Å². The van der Waals surface area contributed by atoms with Crippen molar-refractivity contribution in [2.45, 2.75) is 38.1 Å². The van der Waals surface area contributed by atoms with E-state index in [9.17, 15) is 18.7 Å². The molecular weight excluding hydrogens is 535 g/mol. The van der Waals surface area contributed by atoms with Crippen molar-refractivity contribution >= 4 is 63.3 Å². The average Bonchev–Trinajstić information content (AvgIpc) is 2.73. The standard InChI is InChI=1S/C23H29Cl3N4O4S/c1-12-9-29(35(33,34)30(10-12)21-17(25)4-16(24)5-18(21)26)11-19(31)28-20-14-2-13-3-15(20)8-23(6-13,7-14)22(27)32/h4-5,13-15,20,33-34H,1-3,6-11H2,(H2,27,32)(H,28,31). The highest BCUT2D eigenvalue weighted by atomic mass is 35.5. The maximum absolute atomic E-state index is 13.2. The Morgan fingerprint density at radius 1 is 1.11 bits per heavy atom. The number of primary amides is 1. The highest BCUT2D eigenvalue weighted by molar-refractivity contribution is 8.23. The lowest BCUT2D eigenvalue weighted by Crippen LogP contribution is -2.62. The van der Waals surface area contributed by atoms with Crippen LogP contribution in [0, 0.1) is 23.2 Å². The van der Waals surface area contributed by atoms with Gasteiger partial charge in [0.25, 0.3) is 0 Å². The Kier molecular flexibility index (Phi) is 6.52. The molecule has 4 bridgehead atoms. The van der Waals surface area contributed by atoms with E-state index in [0.29, 0.717) is 29.4 Å². The van der Waals surface area contributed by atoms with E-state index < -0.39 is 16.4 Å². The van der Waals surface area contributed by atoms with Crippen LogP contribution < -0.4 is 15.4 Å². The van der Waals surface area contributed by atoms with Crippen molar-refractivity contribution in [2.24, 2.45) is 28.9 Å². The summed E-state index contributed by atoms with van der Waals surface area (Å²) in [6, 6.07) is 2.90. The van der Waals surface area contributed by atoms with Crippen molar-refractivity contribution in [2.75, 3.05) is 23.9 Å². The van der Waals surface area contributed by atoms with Crippen LogP contribution in [0.1, 0.15) is 32.1 Å². The quantitative estimate of drug-likeness (QED) is 0.386. The molecule has 1 aliphatic heterocycles. The van der Waals surface area contributed by atoms with Crippen molar-refractivity contribution < 1.29 is 18.7 Å². The van der Waals surface area contributed by atoms with Gasteiger partial charge >= 0.3 is 0 Å². The number of carbonyl (C=O) groups is 2. The molecule has 1 heterocycles. The topological polar surface area (TPSA) is 119 Å².